The van der Waals surface area contributed by atoms with Gasteiger partial charge < -0.3 is 0 Å². The van der Waals surface area contributed by atoms with Gasteiger partial charge in [0.05, 0.1) is 0 Å². The van der Waals surface area contributed by atoms with Crippen molar-refractivity contribution in [3.8, 4) is 0 Å². The first-order valence-electron chi connectivity index (χ1n) is 6.87. The van der Waals surface area contributed by atoms with Crippen LogP contribution in [0.2, 0.25) is 14.8 Å². The number of hydrogen-bond acceptors (Lipinski definition) is 0. The molecule has 2 rings (SSSR count). The second-order valence-corrected chi connectivity index (χ2v) is 20.3. The van der Waals surface area contributed by atoms with Crippen molar-refractivity contribution in [2.24, 2.45) is 0 Å². The summed E-state index contributed by atoms with van der Waals surface area (Å²) in [6, 6.07) is 21.6. The topological polar surface area (TPSA) is 0 Å². The molecule has 0 aliphatic heterocycles. The van der Waals surface area contributed by atoms with Crippen molar-refractivity contribution in [1.29, 1.82) is 0 Å². The Balaban J connectivity index is 2.29. The first kappa shape index (κ1) is 14.4. The third-order valence-electron chi connectivity index (χ3n) is 3.28. The Labute approximate surface area is 121 Å². The second-order valence-electron chi connectivity index (χ2n) is 5.92. The van der Waals surface area contributed by atoms with Gasteiger partial charge in [0.25, 0.3) is 0 Å². The Morgan fingerprint density at radius 2 is 1.37 bits per heavy atom. The molecular weight excluding hydrogens is 335 g/mol. The van der Waals surface area contributed by atoms with Crippen LogP contribution in [0, 0.1) is 0 Å². The molecule has 0 aromatic heterocycles. The zero-order valence-corrected chi connectivity index (χ0v) is 14.9. The SMILES string of the molecule is [CH3][Sn]([CH3])([CH3])/[C](=C\Cc1ccccc1)c1ccccc1. The predicted octanol–water partition coefficient (Wildman–Crippen LogP) is 5.19. The average molecular weight is 357 g/mol. The molecule has 0 saturated heterocycles. The Kier molecular flexibility index (Phi) is 4.86. The molecule has 0 nitrogen and oxygen atoms in total. The number of hydrogen-bond donors (Lipinski definition) is 0. The maximum absolute atomic E-state index is 2.48. The fourth-order valence-corrected chi connectivity index (χ4v) is 7.30. The van der Waals surface area contributed by atoms with Crippen molar-refractivity contribution in [1.82, 2.24) is 0 Å². The van der Waals surface area contributed by atoms with Crippen molar-refractivity contribution < 1.29 is 0 Å². The first-order chi connectivity index (χ1) is 9.07. The molecule has 0 N–H and O–H groups in total. The molecule has 2 aromatic carbocycles. The maximum atomic E-state index is 2.48. The third-order valence-corrected chi connectivity index (χ3v) is 9.30. The van der Waals surface area contributed by atoms with Gasteiger partial charge >= 0.3 is 121 Å². The first-order valence-corrected chi connectivity index (χ1v) is 16.9. The molecule has 0 radical (unpaired) electrons. The Morgan fingerprint density at radius 3 is 1.89 bits per heavy atom. The Morgan fingerprint density at radius 1 is 0.842 bits per heavy atom. The zero-order chi connectivity index (χ0) is 13.7. The monoisotopic (exact) mass is 358 g/mol. The Bertz CT molecular complexity index is 533. The van der Waals surface area contributed by atoms with Gasteiger partial charge in [0.1, 0.15) is 0 Å². The van der Waals surface area contributed by atoms with Crippen LogP contribution in [0.4, 0.5) is 0 Å². The molecule has 0 atom stereocenters. The van der Waals surface area contributed by atoms with Crippen molar-refractivity contribution in [3.05, 3.63) is 77.9 Å². The van der Waals surface area contributed by atoms with E-state index in [2.05, 4.69) is 81.6 Å². The number of allylic oxidation sites excluding steroid dienone is 1. The van der Waals surface area contributed by atoms with E-state index < -0.39 is 18.4 Å². The summed E-state index contributed by atoms with van der Waals surface area (Å²) in [4.78, 5) is 7.45. The van der Waals surface area contributed by atoms with Crippen molar-refractivity contribution in [2.75, 3.05) is 0 Å². The van der Waals surface area contributed by atoms with Crippen LogP contribution in [0.15, 0.2) is 66.7 Å². The molecule has 0 bridgehead atoms. The van der Waals surface area contributed by atoms with Crippen LogP contribution in [0.5, 0.6) is 0 Å². The van der Waals surface area contributed by atoms with Crippen molar-refractivity contribution in [2.45, 2.75) is 21.2 Å². The van der Waals surface area contributed by atoms with Gasteiger partial charge in [0.2, 0.25) is 0 Å². The van der Waals surface area contributed by atoms with E-state index >= 15 is 0 Å². The standard InChI is InChI=1S/C15H13.3CH3.Sn/c1-3-8-14(9-4-1)12-7-13-15-10-5-2-6-11-15;;;;/h1-11H,12H2;3*1H3;. The van der Waals surface area contributed by atoms with Crippen LogP contribution in [0.3, 0.4) is 0 Å². The normalized spacial score (nSPS) is 12.5. The summed E-state index contributed by atoms with van der Waals surface area (Å²) in [5.41, 5.74) is 2.81. The Hall–Kier alpha value is -1.02. The van der Waals surface area contributed by atoms with Gasteiger partial charge in [-0.2, -0.15) is 0 Å². The summed E-state index contributed by atoms with van der Waals surface area (Å²) in [6.07, 6.45) is 3.50. The summed E-state index contributed by atoms with van der Waals surface area (Å²) in [5.74, 6) is 0. The van der Waals surface area contributed by atoms with E-state index in [1.807, 2.05) is 0 Å². The van der Waals surface area contributed by atoms with Crippen LogP contribution in [0.25, 0.3) is 3.59 Å². The molecule has 19 heavy (non-hydrogen) atoms. The van der Waals surface area contributed by atoms with Gasteiger partial charge in [0, 0.05) is 0 Å². The van der Waals surface area contributed by atoms with E-state index in [9.17, 15) is 0 Å². The van der Waals surface area contributed by atoms with Crippen molar-refractivity contribution in [3.63, 3.8) is 0 Å². The van der Waals surface area contributed by atoms with E-state index in [0.29, 0.717) is 0 Å². The summed E-state index contributed by atoms with van der Waals surface area (Å²) >= 11 is -2.08. The van der Waals surface area contributed by atoms with Gasteiger partial charge in [-0.05, 0) is 0 Å². The van der Waals surface area contributed by atoms with E-state index in [-0.39, 0.29) is 0 Å². The second kappa shape index (κ2) is 6.42. The molecule has 1 heteroatoms. The van der Waals surface area contributed by atoms with Gasteiger partial charge in [-0.25, -0.2) is 0 Å². The number of benzene rings is 2. The summed E-state index contributed by atoms with van der Waals surface area (Å²) in [5, 5.41) is 0. The molecule has 0 unspecified atom stereocenters. The van der Waals surface area contributed by atoms with Crippen molar-refractivity contribution >= 4 is 22.0 Å². The van der Waals surface area contributed by atoms with Crippen LogP contribution in [-0.2, 0) is 6.42 Å². The molecule has 0 fully saturated rings. The third kappa shape index (κ3) is 4.24. The molecule has 0 aliphatic carbocycles. The molecule has 0 aliphatic rings. The zero-order valence-electron chi connectivity index (χ0n) is 12.1. The number of rotatable bonds is 4. The molecular formula is C18H22Sn. The molecule has 2 aromatic rings. The van der Waals surface area contributed by atoms with Crippen LogP contribution in [0.1, 0.15) is 11.1 Å². The minimum absolute atomic E-state index is 1.04. The fourth-order valence-electron chi connectivity index (χ4n) is 2.31. The molecule has 0 saturated carbocycles. The van der Waals surface area contributed by atoms with Crippen LogP contribution in [-0.4, -0.2) is 18.4 Å². The molecule has 0 spiro atoms. The van der Waals surface area contributed by atoms with E-state index in [0.717, 1.165) is 6.42 Å². The fraction of sp³-hybridized carbons (Fsp3) is 0.222. The average Bonchev–Trinajstić information content (AvgIpc) is 2.40. The van der Waals surface area contributed by atoms with Gasteiger partial charge in [-0.15, -0.1) is 0 Å². The van der Waals surface area contributed by atoms with Crippen LogP contribution < -0.4 is 0 Å². The van der Waals surface area contributed by atoms with E-state index in [1.165, 1.54) is 11.1 Å². The summed E-state index contributed by atoms with van der Waals surface area (Å²) in [6.45, 7) is 0. The minimum atomic E-state index is -2.08. The van der Waals surface area contributed by atoms with E-state index in [1.54, 1.807) is 3.59 Å². The molecule has 0 amide bonds. The molecule has 98 valence electrons. The van der Waals surface area contributed by atoms with E-state index in [4.69, 9.17) is 0 Å². The van der Waals surface area contributed by atoms with Gasteiger partial charge in [0.15, 0.2) is 0 Å². The predicted molar refractivity (Wildman–Crippen MR) is 87.9 cm³/mol. The van der Waals surface area contributed by atoms with Gasteiger partial charge in [-0.3, -0.25) is 0 Å². The quantitative estimate of drug-likeness (QED) is 0.661. The molecule has 0 heterocycles. The van der Waals surface area contributed by atoms with Crippen LogP contribution >= 0.6 is 0 Å². The summed E-state index contributed by atoms with van der Waals surface area (Å²) < 4.78 is 1.62. The van der Waals surface area contributed by atoms with Gasteiger partial charge in [-0.1, -0.05) is 0 Å². The summed E-state index contributed by atoms with van der Waals surface area (Å²) in [7, 11) is 0.